The second-order valence-corrected chi connectivity index (χ2v) is 10.6. The number of nitrogens with one attached hydrogen (secondary N) is 2. The molecule has 3 aliphatic rings. The van der Waals surface area contributed by atoms with Crippen LogP contribution in [0.5, 0.6) is 0 Å². The van der Waals surface area contributed by atoms with Crippen molar-refractivity contribution in [3.63, 3.8) is 0 Å². The summed E-state index contributed by atoms with van der Waals surface area (Å²) in [6.45, 7) is 5.83. The molecule has 1 aliphatic carbocycles. The van der Waals surface area contributed by atoms with E-state index in [2.05, 4.69) is 15.5 Å². The van der Waals surface area contributed by atoms with E-state index in [9.17, 15) is 9.59 Å². The molecule has 2 amide bonds. The van der Waals surface area contributed by atoms with Gasteiger partial charge < -0.3 is 26.0 Å². The van der Waals surface area contributed by atoms with Crippen LogP contribution >= 0.6 is 0 Å². The Morgan fingerprint density at radius 2 is 1.71 bits per heavy atom. The SMILES string of the molecule is NC1(C(=O)N[C@H](Cc2ccccc2)C(=O)NCC2CCN(CC3CCOCC3)CC2)CCCC1. The molecule has 0 unspecified atom stereocenters. The van der Waals surface area contributed by atoms with Crippen LogP contribution in [-0.2, 0) is 20.7 Å². The highest BCUT2D eigenvalue weighted by Crippen LogP contribution is 2.27. The molecule has 4 rings (SSSR count). The van der Waals surface area contributed by atoms with E-state index < -0.39 is 11.6 Å². The van der Waals surface area contributed by atoms with E-state index in [0.717, 1.165) is 63.5 Å². The third-order valence-corrected chi connectivity index (χ3v) is 7.98. The van der Waals surface area contributed by atoms with E-state index in [0.29, 0.717) is 31.7 Å². The number of rotatable bonds is 9. The van der Waals surface area contributed by atoms with Gasteiger partial charge in [0.15, 0.2) is 0 Å². The summed E-state index contributed by atoms with van der Waals surface area (Å²) in [5.74, 6) is 0.947. The number of carbonyl (C=O) groups is 2. The highest BCUT2D eigenvalue weighted by molar-refractivity contribution is 5.92. The number of hydrogen-bond donors (Lipinski definition) is 3. The molecule has 188 valence electrons. The lowest BCUT2D eigenvalue weighted by Crippen LogP contribution is -2.58. The van der Waals surface area contributed by atoms with E-state index in [1.54, 1.807) is 0 Å². The average molecular weight is 471 g/mol. The zero-order valence-electron chi connectivity index (χ0n) is 20.5. The molecule has 0 spiro atoms. The first-order valence-electron chi connectivity index (χ1n) is 13.2. The van der Waals surface area contributed by atoms with Gasteiger partial charge in [0.05, 0.1) is 5.54 Å². The standard InChI is InChI=1S/C27H42N4O3/c28-27(12-4-5-13-27)26(33)30-24(18-21-6-2-1-3-7-21)25(32)29-19-22-8-14-31(15-9-22)20-23-10-16-34-17-11-23/h1-3,6-7,22-24H,4-5,8-20,28H2,(H,29,32)(H,30,33)/t24-/m1/s1. The fourth-order valence-corrected chi connectivity index (χ4v) is 5.63. The number of benzene rings is 1. The Morgan fingerprint density at radius 1 is 1.03 bits per heavy atom. The summed E-state index contributed by atoms with van der Waals surface area (Å²) in [6, 6.07) is 9.26. The molecule has 4 N–H and O–H groups in total. The maximum Gasteiger partial charge on any atom is 0.242 e. The maximum absolute atomic E-state index is 13.2. The predicted octanol–water partition coefficient (Wildman–Crippen LogP) is 2.24. The van der Waals surface area contributed by atoms with E-state index in [1.165, 1.54) is 19.4 Å². The van der Waals surface area contributed by atoms with Gasteiger partial charge >= 0.3 is 0 Å². The van der Waals surface area contributed by atoms with Gasteiger partial charge in [0, 0.05) is 32.7 Å². The molecule has 0 radical (unpaired) electrons. The first-order valence-corrected chi connectivity index (χ1v) is 13.2. The van der Waals surface area contributed by atoms with Gasteiger partial charge in [0.25, 0.3) is 0 Å². The van der Waals surface area contributed by atoms with Crippen LogP contribution in [0.25, 0.3) is 0 Å². The number of piperidine rings is 1. The van der Waals surface area contributed by atoms with Crippen LogP contribution in [0.3, 0.4) is 0 Å². The quantitative estimate of drug-likeness (QED) is 0.514. The van der Waals surface area contributed by atoms with Crippen molar-refractivity contribution in [2.24, 2.45) is 17.6 Å². The number of nitrogens with two attached hydrogens (primary N) is 1. The monoisotopic (exact) mass is 470 g/mol. The van der Waals surface area contributed by atoms with Gasteiger partial charge in [-0.25, -0.2) is 0 Å². The minimum absolute atomic E-state index is 0.108. The lowest BCUT2D eigenvalue weighted by Gasteiger charge is -2.35. The number of nitrogens with zero attached hydrogens (tertiary/aromatic N) is 1. The molecular weight excluding hydrogens is 428 g/mol. The van der Waals surface area contributed by atoms with Gasteiger partial charge in [-0.15, -0.1) is 0 Å². The Bertz CT molecular complexity index is 782. The van der Waals surface area contributed by atoms with E-state index in [4.69, 9.17) is 10.5 Å². The first kappa shape index (κ1) is 25.1. The molecule has 0 aromatic heterocycles. The molecule has 1 atom stereocenters. The van der Waals surface area contributed by atoms with E-state index in [1.807, 2.05) is 30.3 Å². The van der Waals surface area contributed by atoms with Crippen LogP contribution in [0.2, 0.25) is 0 Å². The summed E-state index contributed by atoms with van der Waals surface area (Å²) in [4.78, 5) is 28.7. The fourth-order valence-electron chi connectivity index (χ4n) is 5.63. The molecule has 7 nitrogen and oxygen atoms in total. The smallest absolute Gasteiger partial charge is 0.242 e. The Balaban J connectivity index is 1.26. The van der Waals surface area contributed by atoms with E-state index in [-0.39, 0.29) is 11.8 Å². The maximum atomic E-state index is 13.2. The predicted molar refractivity (Wildman–Crippen MR) is 133 cm³/mol. The van der Waals surface area contributed by atoms with Gasteiger partial charge in [-0.05, 0) is 69.0 Å². The lowest BCUT2D eigenvalue weighted by molar-refractivity contribution is -0.132. The topological polar surface area (TPSA) is 96.7 Å². The molecule has 2 aliphatic heterocycles. The second kappa shape index (κ2) is 12.1. The molecule has 1 aromatic rings. The zero-order valence-corrected chi connectivity index (χ0v) is 20.5. The van der Waals surface area contributed by atoms with Gasteiger partial charge in [0.1, 0.15) is 6.04 Å². The fraction of sp³-hybridized carbons (Fsp3) is 0.704. The number of hydrogen-bond acceptors (Lipinski definition) is 5. The van der Waals surface area contributed by atoms with Crippen molar-refractivity contribution < 1.29 is 14.3 Å². The van der Waals surface area contributed by atoms with Gasteiger partial charge in [0.2, 0.25) is 11.8 Å². The largest absolute Gasteiger partial charge is 0.381 e. The highest BCUT2D eigenvalue weighted by Gasteiger charge is 2.38. The molecule has 0 bridgehead atoms. The Hall–Kier alpha value is -1.96. The van der Waals surface area contributed by atoms with Crippen LogP contribution in [0, 0.1) is 11.8 Å². The van der Waals surface area contributed by atoms with Crippen molar-refractivity contribution in [2.45, 2.75) is 69.4 Å². The number of carbonyl (C=O) groups excluding carboxylic acids is 2. The van der Waals surface area contributed by atoms with Crippen molar-refractivity contribution in [1.29, 1.82) is 0 Å². The van der Waals surface area contributed by atoms with Crippen LogP contribution in [0.1, 0.15) is 56.9 Å². The van der Waals surface area contributed by atoms with E-state index >= 15 is 0 Å². The summed E-state index contributed by atoms with van der Waals surface area (Å²) in [5, 5.41) is 6.14. The van der Waals surface area contributed by atoms with Crippen molar-refractivity contribution in [3.8, 4) is 0 Å². The minimum atomic E-state index is -0.841. The van der Waals surface area contributed by atoms with Crippen molar-refractivity contribution in [2.75, 3.05) is 39.4 Å². The summed E-state index contributed by atoms with van der Waals surface area (Å²) < 4.78 is 5.48. The Labute approximate surface area is 204 Å². The molecule has 2 saturated heterocycles. The summed E-state index contributed by atoms with van der Waals surface area (Å²) in [6.07, 6.45) is 8.33. The Kier molecular flexibility index (Phi) is 8.98. The Morgan fingerprint density at radius 3 is 2.38 bits per heavy atom. The van der Waals surface area contributed by atoms with Crippen molar-refractivity contribution in [3.05, 3.63) is 35.9 Å². The molecule has 34 heavy (non-hydrogen) atoms. The first-order chi connectivity index (χ1) is 16.5. The molecule has 7 heteroatoms. The lowest BCUT2D eigenvalue weighted by atomic mass is 9.93. The summed E-state index contributed by atoms with van der Waals surface area (Å²) in [7, 11) is 0. The number of amides is 2. The van der Waals surface area contributed by atoms with Crippen molar-refractivity contribution >= 4 is 11.8 Å². The molecule has 1 aromatic carbocycles. The van der Waals surface area contributed by atoms with Gasteiger partial charge in [-0.3, -0.25) is 9.59 Å². The summed E-state index contributed by atoms with van der Waals surface area (Å²) >= 11 is 0. The number of likely N-dealkylation sites (tertiary alicyclic amines) is 1. The zero-order chi connectivity index (χ0) is 23.8. The van der Waals surface area contributed by atoms with Gasteiger partial charge in [-0.2, -0.15) is 0 Å². The van der Waals surface area contributed by atoms with Crippen LogP contribution in [0.4, 0.5) is 0 Å². The van der Waals surface area contributed by atoms with Crippen molar-refractivity contribution in [1.82, 2.24) is 15.5 Å². The average Bonchev–Trinajstić information content (AvgIpc) is 3.32. The van der Waals surface area contributed by atoms with Gasteiger partial charge in [-0.1, -0.05) is 43.2 Å². The van der Waals surface area contributed by atoms with Crippen LogP contribution in [0.15, 0.2) is 30.3 Å². The number of ether oxygens (including phenoxy) is 1. The van der Waals surface area contributed by atoms with Crippen LogP contribution < -0.4 is 16.4 Å². The second-order valence-electron chi connectivity index (χ2n) is 10.6. The normalized spacial score (nSPS) is 22.9. The molecule has 2 heterocycles. The molecular formula is C27H42N4O3. The third-order valence-electron chi connectivity index (χ3n) is 7.98. The van der Waals surface area contributed by atoms with Crippen LogP contribution in [-0.4, -0.2) is 67.7 Å². The molecule has 3 fully saturated rings. The third kappa shape index (κ3) is 7.03. The summed E-state index contributed by atoms with van der Waals surface area (Å²) in [5.41, 5.74) is 6.55. The minimum Gasteiger partial charge on any atom is -0.381 e. The highest BCUT2D eigenvalue weighted by atomic mass is 16.5. The molecule has 1 saturated carbocycles.